The fourth-order valence-electron chi connectivity index (χ4n) is 10.2. The van der Waals surface area contributed by atoms with Crippen LogP contribution in [0.3, 0.4) is 0 Å². The Bertz CT molecular complexity index is 921. The highest BCUT2D eigenvalue weighted by atomic mass is 79.9. The standard InChI is InChI=1S/C35H62N2O4.BrH/c1-24(2)9-8-10-25(3)30-13-14-31-29-12-11-27-23-28(15-17-34(27,5)32(29)16-18-35(30,31)6)41-33(40)36-26(4)37(7,19-21-38)20-22-39;/h11,24-26,28-32,38-39H,8-10,12-23H2,1-7H3;1H/t25-,26?,28+,29+,30-,31+,32+,34+,35-;/m1./s1. The van der Waals surface area contributed by atoms with Gasteiger partial charge < -0.3 is 36.4 Å². The molecule has 6 nitrogen and oxygen atoms in total. The summed E-state index contributed by atoms with van der Waals surface area (Å²) < 4.78 is 6.36. The number of fused-ring (bicyclic) bond motifs is 5. The quantitative estimate of drug-likeness (QED) is 0.169. The fraction of sp³-hybridized carbons (Fsp3) is 0.914. The highest BCUT2D eigenvalue weighted by molar-refractivity contribution is 5.67. The number of halogens is 1. The molecule has 4 aliphatic carbocycles. The number of hydrogen-bond acceptors (Lipinski definition) is 4. The van der Waals surface area contributed by atoms with Crippen LogP contribution >= 0.6 is 0 Å². The van der Waals surface area contributed by atoms with Crippen molar-refractivity contribution in [2.45, 2.75) is 124 Å². The number of likely N-dealkylation sites (N-methyl/N-ethyl adjacent to an activating group) is 1. The molecule has 0 aromatic carbocycles. The van der Waals surface area contributed by atoms with Gasteiger partial charge >= 0.3 is 6.09 Å². The second-order valence-corrected chi connectivity index (χ2v) is 15.8. The SMILES string of the molecule is CC(C)CCC[C@@H](C)[C@H]1CC[C@H]2[C@@H]3CC=C4C[C@@H](OC(=O)NC(C)[N+](C)(CCO)CCO)CC[C@]4(C)[C@H]3CC[C@]12C.[Br-]. The summed E-state index contributed by atoms with van der Waals surface area (Å²) in [4.78, 5) is 12.9. The van der Waals surface area contributed by atoms with Gasteiger partial charge in [-0.2, -0.15) is 0 Å². The molecule has 0 radical (unpaired) electrons. The third kappa shape index (κ3) is 7.26. The van der Waals surface area contributed by atoms with Gasteiger partial charge in [0, 0.05) is 13.3 Å². The molecule has 0 heterocycles. The van der Waals surface area contributed by atoms with E-state index in [1.54, 1.807) is 0 Å². The molecule has 3 saturated carbocycles. The Kier molecular flexibility index (Phi) is 12.5. The van der Waals surface area contributed by atoms with Crippen LogP contribution in [0.25, 0.3) is 0 Å². The van der Waals surface area contributed by atoms with E-state index in [2.05, 4.69) is 46.0 Å². The topological polar surface area (TPSA) is 78.8 Å². The van der Waals surface area contributed by atoms with E-state index in [1.165, 1.54) is 56.9 Å². The molecule has 3 N–H and O–H groups in total. The number of ether oxygens (including phenoxy) is 1. The molecule has 1 amide bonds. The molecule has 4 rings (SSSR count). The van der Waals surface area contributed by atoms with E-state index in [-0.39, 0.29) is 54.0 Å². The number of hydrogen-bond donors (Lipinski definition) is 3. The molecule has 0 bridgehead atoms. The number of quaternary nitrogens is 1. The van der Waals surface area contributed by atoms with E-state index in [0.717, 1.165) is 54.8 Å². The Morgan fingerprint density at radius 2 is 1.71 bits per heavy atom. The molecular formula is C35H63BrN2O4. The predicted octanol–water partition coefficient (Wildman–Crippen LogP) is 3.90. The largest absolute Gasteiger partial charge is 1.00 e. The van der Waals surface area contributed by atoms with Crippen LogP contribution in [0, 0.1) is 46.3 Å². The van der Waals surface area contributed by atoms with E-state index >= 15 is 0 Å². The first-order valence-electron chi connectivity index (χ1n) is 17.1. The minimum Gasteiger partial charge on any atom is -1.00 e. The van der Waals surface area contributed by atoms with Crippen LogP contribution < -0.4 is 22.3 Å². The number of nitrogens with zero attached hydrogens (tertiary/aromatic N) is 1. The van der Waals surface area contributed by atoms with Crippen LogP contribution in [0.4, 0.5) is 4.79 Å². The van der Waals surface area contributed by atoms with E-state index in [4.69, 9.17) is 4.74 Å². The zero-order chi connectivity index (χ0) is 30.0. The van der Waals surface area contributed by atoms with Gasteiger partial charge in [-0.25, -0.2) is 4.79 Å². The second kappa shape index (κ2) is 14.6. The predicted molar refractivity (Wildman–Crippen MR) is 166 cm³/mol. The van der Waals surface area contributed by atoms with E-state index < -0.39 is 0 Å². The van der Waals surface area contributed by atoms with Crippen molar-refractivity contribution in [3.8, 4) is 0 Å². The first kappa shape index (κ1) is 35.8. The maximum atomic E-state index is 12.9. The lowest BCUT2D eigenvalue weighted by Crippen LogP contribution is -3.00. The van der Waals surface area contributed by atoms with Gasteiger partial charge in [0.15, 0.2) is 6.17 Å². The molecule has 9 atom stereocenters. The molecule has 0 saturated heterocycles. The van der Waals surface area contributed by atoms with Crippen molar-refractivity contribution in [1.82, 2.24) is 5.32 Å². The number of nitrogens with one attached hydrogen (secondary N) is 1. The zero-order valence-electron chi connectivity index (χ0n) is 27.8. The molecule has 0 aromatic rings. The van der Waals surface area contributed by atoms with Crippen LogP contribution in [0.5, 0.6) is 0 Å². The molecule has 244 valence electrons. The van der Waals surface area contributed by atoms with Gasteiger partial charge in [0.05, 0.1) is 20.3 Å². The summed E-state index contributed by atoms with van der Waals surface area (Å²) in [5.41, 5.74) is 2.29. The normalized spacial score (nSPS) is 35.7. The number of aliphatic hydroxyl groups excluding tert-OH is 2. The Balaban J connectivity index is 0.00000484. The van der Waals surface area contributed by atoms with Crippen molar-refractivity contribution in [3.63, 3.8) is 0 Å². The Labute approximate surface area is 267 Å². The van der Waals surface area contributed by atoms with Gasteiger partial charge in [-0.15, -0.1) is 0 Å². The number of carbonyl (C=O) groups excluding carboxylic acids is 1. The van der Waals surface area contributed by atoms with Crippen LogP contribution in [-0.4, -0.2) is 66.4 Å². The Morgan fingerprint density at radius 1 is 1.02 bits per heavy atom. The summed E-state index contributed by atoms with van der Waals surface area (Å²) in [7, 11) is 1.95. The number of amides is 1. The maximum absolute atomic E-state index is 12.9. The van der Waals surface area contributed by atoms with Gasteiger partial charge in [0.2, 0.25) is 0 Å². The summed E-state index contributed by atoms with van der Waals surface area (Å²) in [6.45, 7) is 15.3. The molecule has 1 unspecified atom stereocenters. The summed E-state index contributed by atoms with van der Waals surface area (Å²) in [6, 6.07) is 0. The lowest BCUT2D eigenvalue weighted by atomic mass is 9.47. The smallest absolute Gasteiger partial charge is 0.411 e. The van der Waals surface area contributed by atoms with Gasteiger partial charge in [0.1, 0.15) is 19.2 Å². The summed E-state index contributed by atoms with van der Waals surface area (Å²) in [6.07, 6.45) is 15.7. The molecular weight excluding hydrogens is 592 g/mol. The fourth-order valence-corrected chi connectivity index (χ4v) is 10.2. The number of alkyl carbamates (subject to hydrolysis) is 1. The molecule has 0 aromatic heterocycles. The van der Waals surface area contributed by atoms with Gasteiger partial charge in [0.25, 0.3) is 0 Å². The van der Waals surface area contributed by atoms with Crippen LogP contribution in [0.1, 0.15) is 112 Å². The van der Waals surface area contributed by atoms with Crippen LogP contribution in [0.15, 0.2) is 11.6 Å². The average Bonchev–Trinajstić information content (AvgIpc) is 3.26. The summed E-state index contributed by atoms with van der Waals surface area (Å²) in [5, 5.41) is 22.0. The third-order valence-corrected chi connectivity index (χ3v) is 13.0. The summed E-state index contributed by atoms with van der Waals surface area (Å²) in [5.74, 6) is 4.98. The molecule has 42 heavy (non-hydrogen) atoms. The van der Waals surface area contributed by atoms with E-state index in [0.29, 0.717) is 23.0 Å². The lowest BCUT2D eigenvalue weighted by molar-refractivity contribution is -0.934. The number of allylic oxidation sites excluding steroid dienone is 1. The summed E-state index contributed by atoms with van der Waals surface area (Å²) >= 11 is 0. The number of carbonyl (C=O) groups is 1. The number of aliphatic hydroxyl groups is 2. The van der Waals surface area contributed by atoms with Crippen molar-refractivity contribution in [2.24, 2.45) is 46.3 Å². The lowest BCUT2D eigenvalue weighted by Gasteiger charge is -2.58. The first-order valence-corrected chi connectivity index (χ1v) is 17.1. The van der Waals surface area contributed by atoms with Gasteiger partial charge in [-0.3, -0.25) is 5.32 Å². The van der Waals surface area contributed by atoms with Crippen molar-refractivity contribution in [3.05, 3.63) is 11.6 Å². The molecule has 3 fully saturated rings. The molecule has 0 spiro atoms. The first-order chi connectivity index (χ1) is 19.4. The minimum atomic E-state index is -0.381. The van der Waals surface area contributed by atoms with Crippen molar-refractivity contribution in [1.29, 1.82) is 0 Å². The van der Waals surface area contributed by atoms with Gasteiger partial charge in [-0.05, 0) is 91.3 Å². The molecule has 4 aliphatic rings. The monoisotopic (exact) mass is 654 g/mol. The second-order valence-electron chi connectivity index (χ2n) is 15.8. The third-order valence-electron chi connectivity index (χ3n) is 13.0. The van der Waals surface area contributed by atoms with Crippen molar-refractivity contribution >= 4 is 6.09 Å². The minimum absolute atomic E-state index is 0. The van der Waals surface area contributed by atoms with Gasteiger partial charge in [-0.1, -0.05) is 65.5 Å². The average molecular weight is 656 g/mol. The van der Waals surface area contributed by atoms with Crippen LogP contribution in [-0.2, 0) is 4.74 Å². The van der Waals surface area contributed by atoms with Crippen LogP contribution in [0.2, 0.25) is 0 Å². The van der Waals surface area contributed by atoms with E-state index in [1.807, 2.05) is 14.0 Å². The molecule has 7 heteroatoms. The van der Waals surface area contributed by atoms with E-state index in [9.17, 15) is 15.0 Å². The van der Waals surface area contributed by atoms with Crippen molar-refractivity contribution < 1.29 is 41.2 Å². The zero-order valence-corrected chi connectivity index (χ0v) is 29.4. The Hall–Kier alpha value is -0.630. The maximum Gasteiger partial charge on any atom is 0.411 e. The van der Waals surface area contributed by atoms with Crippen molar-refractivity contribution in [2.75, 3.05) is 33.4 Å². The highest BCUT2D eigenvalue weighted by Crippen LogP contribution is 2.67. The highest BCUT2D eigenvalue weighted by Gasteiger charge is 2.59. The molecule has 0 aliphatic heterocycles. The number of rotatable bonds is 12. The Morgan fingerprint density at radius 3 is 2.36 bits per heavy atom.